The quantitative estimate of drug-likeness (QED) is 0.342. The van der Waals surface area contributed by atoms with Crippen molar-refractivity contribution < 1.29 is 47.9 Å². The van der Waals surface area contributed by atoms with Crippen LogP contribution in [-0.4, -0.2) is 282 Å². The molecule has 15 heterocycles. The van der Waals surface area contributed by atoms with Crippen LogP contribution >= 0.6 is 0 Å². The molecule has 0 N–H and O–H groups in total. The summed E-state index contributed by atoms with van der Waals surface area (Å²) in [5, 5.41) is 0. The molecule has 80 heavy (non-hydrogen) atoms. The largest absolute Gasteiger partial charge is 0.326 e. The van der Waals surface area contributed by atoms with Gasteiger partial charge in [0, 0.05) is 0 Å². The van der Waals surface area contributed by atoms with E-state index in [-0.39, 0.29) is 131 Å². The summed E-state index contributed by atoms with van der Waals surface area (Å²) >= 11 is 0. The molecule has 0 radical (unpaired) electrons. The van der Waals surface area contributed by atoms with Crippen molar-refractivity contribution in [1.29, 1.82) is 0 Å². The molecule has 30 nitrogen and oxygen atoms in total. The van der Waals surface area contributed by atoms with Crippen molar-refractivity contribution in [3.8, 4) is 0 Å². The normalized spacial score (nSPS) is 46.8. The van der Waals surface area contributed by atoms with Crippen LogP contribution in [0, 0.1) is 0 Å². The molecule has 15 aliphatic heterocycles. The Morgan fingerprint density at radius 1 is 0.150 bits per heavy atom. The summed E-state index contributed by atoms with van der Waals surface area (Å²) in [5.74, 6) is 0. The second-order valence-corrected chi connectivity index (χ2v) is 27.0. The van der Waals surface area contributed by atoms with Gasteiger partial charge in [-0.3, -0.25) is 98.0 Å². The molecule has 10 spiro atoms. The number of nitrogens with zero attached hydrogens (tertiary/aromatic N) is 20. The van der Waals surface area contributed by atoms with E-state index in [9.17, 15) is 0 Å². The van der Waals surface area contributed by atoms with Gasteiger partial charge < -0.3 is 0 Å². The van der Waals surface area contributed by atoms with Gasteiger partial charge in [-0.1, -0.05) is 0 Å². The first-order chi connectivity index (χ1) is 38.7. The van der Waals surface area contributed by atoms with Gasteiger partial charge in [0.15, 0.2) is 56.6 Å². The Morgan fingerprint density at radius 2 is 0.225 bits per heavy atom. The van der Waals surface area contributed by atoms with Crippen LogP contribution < -0.4 is 0 Å². The molecule has 0 atom stereocenters. The lowest BCUT2D eigenvalue weighted by Gasteiger charge is -2.60. The van der Waals surface area contributed by atoms with E-state index >= 15 is 47.9 Å². The SMILES string of the molecule is O=C1N2CN3C(=O)N4CN5C(=O)N6CN7C(=O)N8CN9C(=O)N%10CN1C1%11CCCCC21N1CN2C(=O)N(CN%12C(=O)N(CN%13C(=O)N(CN%14C(=O)N(CN%11C1=O)C%101CCCCC9%141)C81CCCCC7%131)C61CCCCC5%121)C41CCCCC321. The Labute approximate surface area is 456 Å². The highest BCUT2D eigenvalue weighted by Gasteiger charge is 2.92. The van der Waals surface area contributed by atoms with Crippen LogP contribution in [0.25, 0.3) is 0 Å². The van der Waals surface area contributed by atoms with Crippen LogP contribution in [-0.2, 0) is 0 Å². The lowest BCUT2D eigenvalue weighted by molar-refractivity contribution is -0.193. The molecule has 0 aromatic rings. The number of hydrogen-bond acceptors (Lipinski definition) is 10. The third-order valence-corrected chi connectivity index (χ3v) is 26.1. The number of amides is 20. The lowest BCUT2D eigenvalue weighted by Crippen LogP contribution is -2.79. The minimum absolute atomic E-state index is 0.258. The van der Waals surface area contributed by atoms with Crippen molar-refractivity contribution in [2.75, 3.05) is 66.7 Å². The zero-order chi connectivity index (χ0) is 53.5. The molecule has 5 saturated carbocycles. The van der Waals surface area contributed by atoms with Gasteiger partial charge in [-0.05, 0) is 128 Å². The summed E-state index contributed by atoms with van der Waals surface area (Å²) in [6, 6.07) is -4.98. The van der Waals surface area contributed by atoms with E-state index in [1.165, 1.54) is 0 Å². The van der Waals surface area contributed by atoms with Crippen molar-refractivity contribution in [2.45, 2.75) is 185 Å². The lowest BCUT2D eigenvalue weighted by atomic mass is 9.75. The first-order valence-corrected chi connectivity index (χ1v) is 29.6. The monoisotopic (exact) mass is 1100 g/mol. The van der Waals surface area contributed by atoms with E-state index in [0.29, 0.717) is 64.2 Å². The first kappa shape index (κ1) is 43.5. The van der Waals surface area contributed by atoms with Gasteiger partial charge in [0.2, 0.25) is 0 Å². The summed E-state index contributed by atoms with van der Waals surface area (Å²) in [6.07, 6.45) is 8.30. The minimum Gasteiger partial charge on any atom is -0.279 e. The fraction of sp³-hybridized carbons (Fsp3) is 0.800. The second kappa shape index (κ2) is 12.0. The van der Waals surface area contributed by atoms with Crippen LogP contribution in [0.4, 0.5) is 47.9 Å². The van der Waals surface area contributed by atoms with Crippen LogP contribution in [0.3, 0.4) is 0 Å². The molecule has 0 aromatic carbocycles. The van der Waals surface area contributed by atoms with Crippen LogP contribution in [0.1, 0.15) is 128 Å². The molecular formula is C50H60N20O10. The van der Waals surface area contributed by atoms with Gasteiger partial charge in [-0.2, -0.15) is 0 Å². The van der Waals surface area contributed by atoms with E-state index in [1.54, 1.807) is 98.0 Å². The Morgan fingerprint density at radius 3 is 0.300 bits per heavy atom. The summed E-state index contributed by atoms with van der Waals surface area (Å²) in [6.45, 7) is -3.37. The molecule has 420 valence electrons. The Bertz CT molecular complexity index is 2470. The Kier molecular flexibility index (Phi) is 6.53. The summed E-state index contributed by atoms with van der Waals surface area (Å²) in [5.41, 5.74) is -15.3. The zero-order valence-corrected chi connectivity index (χ0v) is 44.2. The summed E-state index contributed by atoms with van der Waals surface area (Å²) in [4.78, 5) is 200. The average Bonchev–Trinajstić information content (AvgIpc) is 1.74. The molecule has 20 amide bonds. The number of carbonyl (C=O) groups excluding carboxylic acids is 10. The van der Waals surface area contributed by atoms with E-state index < -0.39 is 117 Å². The van der Waals surface area contributed by atoms with E-state index in [1.807, 2.05) is 0 Å². The van der Waals surface area contributed by atoms with Gasteiger partial charge in [-0.25, -0.2) is 47.9 Å². The Balaban J connectivity index is 0.898. The van der Waals surface area contributed by atoms with Gasteiger partial charge in [0.25, 0.3) is 0 Å². The molecule has 0 bridgehead atoms. The standard InChI is InChI=1S/C50H60N20O10/c71-31-51-21-55-33(73)59-25-63-37(77)67-29-69-39(79)65-27-61-35(75)57-23-53(31)42-12-2-1-11-41(42,51)52-22-56-34(74)60(44(59)14-4-3-13-43(44,55)56)26-64-38(78)68(48(67)18-8-7-17-47(48,63)64)30-70-40(80)66(49(65)19-9-10-20-50(49,69)70)28-62-36(76)58(24-54(42)32(52)72)45(57)15-5-6-16-46(45,61)62/h1-30H2. The minimum atomic E-state index is -1.53. The highest BCUT2D eigenvalue weighted by Crippen LogP contribution is 2.71. The number of urea groups is 10. The predicted octanol–water partition coefficient (Wildman–Crippen LogP) is 1.85. The van der Waals surface area contributed by atoms with Gasteiger partial charge in [0.1, 0.15) is 66.7 Å². The van der Waals surface area contributed by atoms with E-state index in [0.717, 1.165) is 0 Å². The predicted molar refractivity (Wildman–Crippen MR) is 259 cm³/mol. The fourth-order valence-corrected chi connectivity index (χ4v) is 23.8. The fourth-order valence-electron chi connectivity index (χ4n) is 23.8. The maximum Gasteiger partial charge on any atom is 0.326 e. The third-order valence-electron chi connectivity index (χ3n) is 26.1. The first-order valence-electron chi connectivity index (χ1n) is 29.6. The highest BCUT2D eigenvalue weighted by atomic mass is 16.3. The van der Waals surface area contributed by atoms with Crippen molar-refractivity contribution in [3.05, 3.63) is 0 Å². The summed E-state index contributed by atoms with van der Waals surface area (Å²) < 4.78 is 0. The molecule has 15 saturated heterocycles. The molecule has 0 aromatic heterocycles. The molecular weight excluding hydrogens is 1040 g/mol. The van der Waals surface area contributed by atoms with Crippen molar-refractivity contribution in [1.82, 2.24) is 98.0 Å². The van der Waals surface area contributed by atoms with Crippen molar-refractivity contribution in [3.63, 3.8) is 0 Å². The molecule has 5 aliphatic carbocycles. The van der Waals surface area contributed by atoms with Crippen molar-refractivity contribution >= 4 is 60.3 Å². The number of hydrogen-bond donors (Lipinski definition) is 0. The van der Waals surface area contributed by atoms with Gasteiger partial charge in [0.05, 0.1) is 0 Å². The Hall–Kier alpha value is -7.30. The van der Waals surface area contributed by atoms with Gasteiger partial charge in [-0.15, -0.1) is 0 Å². The van der Waals surface area contributed by atoms with E-state index in [2.05, 4.69) is 0 Å². The number of rotatable bonds is 0. The maximum absolute atomic E-state index is 16.6. The molecule has 0 unspecified atom stereocenters. The van der Waals surface area contributed by atoms with Crippen LogP contribution in [0.15, 0.2) is 0 Å². The second-order valence-electron chi connectivity index (χ2n) is 27.0. The summed E-state index contributed by atoms with van der Waals surface area (Å²) in [7, 11) is 0. The molecule has 20 fully saturated rings. The van der Waals surface area contributed by atoms with Crippen LogP contribution in [0.5, 0.6) is 0 Å². The highest BCUT2D eigenvalue weighted by molar-refractivity contribution is 5.98. The topological polar surface area (TPSA) is 236 Å². The average molecular weight is 1100 g/mol. The maximum atomic E-state index is 16.6. The van der Waals surface area contributed by atoms with Gasteiger partial charge >= 0.3 is 60.3 Å². The van der Waals surface area contributed by atoms with Crippen LogP contribution in [0.2, 0.25) is 0 Å². The van der Waals surface area contributed by atoms with E-state index in [4.69, 9.17) is 0 Å². The third kappa shape index (κ3) is 3.30. The molecule has 20 rings (SSSR count). The zero-order valence-electron chi connectivity index (χ0n) is 44.2. The van der Waals surface area contributed by atoms with Crippen molar-refractivity contribution in [2.24, 2.45) is 0 Å². The molecule has 30 heteroatoms. The number of carbonyl (C=O) groups is 10. The smallest absolute Gasteiger partial charge is 0.279 e. The molecule has 20 aliphatic rings.